The molecule has 2 saturated heterocycles. The number of methoxy groups -OCH3 is 1. The highest BCUT2D eigenvalue weighted by Crippen LogP contribution is 2.36. The molecule has 1 atom stereocenters. The molecule has 2 aliphatic heterocycles. The van der Waals surface area contributed by atoms with E-state index in [1.807, 2.05) is 73.6 Å². The number of nitrogens with zero attached hydrogens (tertiary/aromatic N) is 2. The van der Waals surface area contributed by atoms with Crippen molar-refractivity contribution >= 4 is 24.6 Å². The van der Waals surface area contributed by atoms with Crippen LogP contribution in [0, 0.1) is 0 Å². The largest absolute Gasteiger partial charge is 0.496 e. The molecule has 0 aromatic heterocycles. The molecule has 0 N–H and O–H groups in total. The first-order chi connectivity index (χ1) is 15.6. The van der Waals surface area contributed by atoms with Crippen LogP contribution in [0.4, 0.5) is 4.79 Å². The summed E-state index contributed by atoms with van der Waals surface area (Å²) in [6, 6.07) is 5.59. The van der Waals surface area contributed by atoms with E-state index in [4.69, 9.17) is 18.8 Å². The smallest absolute Gasteiger partial charge is 0.494 e. The maximum atomic E-state index is 13.1. The van der Waals surface area contributed by atoms with E-state index in [1.54, 1.807) is 16.9 Å². The third-order valence-electron chi connectivity index (χ3n) is 6.79. The molecule has 0 radical (unpaired) electrons. The molecule has 0 aliphatic carbocycles. The average molecular weight is 474 g/mol. The van der Waals surface area contributed by atoms with Gasteiger partial charge in [-0.3, -0.25) is 4.79 Å². The standard InChI is InChI=1S/C25H39BN2O6/c1-17-16-27(12-13-28(17)22(30)32-23(2,3)4)21(29)14-18-10-11-19(15-20(18)31-9)26-33-24(5,6)25(7,8)34-26/h10-11,15,17H,12-14,16H2,1-9H3/t17-/m0/s1. The molecule has 2 heterocycles. The lowest BCUT2D eigenvalue weighted by molar-refractivity contribution is -0.133. The summed E-state index contributed by atoms with van der Waals surface area (Å²) in [7, 11) is 1.10. The maximum absolute atomic E-state index is 13.1. The van der Waals surface area contributed by atoms with Gasteiger partial charge in [-0.15, -0.1) is 0 Å². The molecule has 0 bridgehead atoms. The second-order valence-corrected chi connectivity index (χ2v) is 11.2. The summed E-state index contributed by atoms with van der Waals surface area (Å²) in [5.74, 6) is 0.623. The van der Waals surface area contributed by atoms with E-state index in [1.165, 1.54) is 0 Å². The van der Waals surface area contributed by atoms with Gasteiger partial charge in [-0.2, -0.15) is 0 Å². The number of hydrogen-bond acceptors (Lipinski definition) is 6. The Morgan fingerprint density at radius 1 is 1.12 bits per heavy atom. The van der Waals surface area contributed by atoms with Crippen molar-refractivity contribution in [1.82, 2.24) is 9.80 Å². The van der Waals surface area contributed by atoms with Crippen molar-refractivity contribution in [3.8, 4) is 5.75 Å². The third-order valence-corrected chi connectivity index (χ3v) is 6.79. The number of carbonyl (C=O) groups is 2. The summed E-state index contributed by atoms with van der Waals surface area (Å²) in [6.45, 7) is 16.9. The Kier molecular flexibility index (Phi) is 7.30. The lowest BCUT2D eigenvalue weighted by atomic mass is 9.78. The topological polar surface area (TPSA) is 77.5 Å². The van der Waals surface area contributed by atoms with Crippen LogP contribution < -0.4 is 10.2 Å². The lowest BCUT2D eigenvalue weighted by Crippen LogP contribution is -2.56. The van der Waals surface area contributed by atoms with Crippen LogP contribution in [0.15, 0.2) is 18.2 Å². The number of benzene rings is 1. The number of hydrogen-bond donors (Lipinski definition) is 0. The number of amides is 2. The highest BCUT2D eigenvalue weighted by Gasteiger charge is 2.51. The van der Waals surface area contributed by atoms with Gasteiger partial charge in [-0.05, 0) is 66.9 Å². The molecular weight excluding hydrogens is 435 g/mol. The molecule has 34 heavy (non-hydrogen) atoms. The van der Waals surface area contributed by atoms with Gasteiger partial charge in [0, 0.05) is 31.2 Å². The van der Waals surface area contributed by atoms with E-state index >= 15 is 0 Å². The molecular formula is C25H39BN2O6. The SMILES string of the molecule is COc1cc(B2OC(C)(C)C(C)(C)O2)ccc1CC(=O)N1CCN(C(=O)OC(C)(C)C)[C@@H](C)C1. The molecule has 8 nitrogen and oxygen atoms in total. The predicted octanol–water partition coefficient (Wildman–Crippen LogP) is 3.00. The van der Waals surface area contributed by atoms with E-state index in [-0.39, 0.29) is 24.5 Å². The van der Waals surface area contributed by atoms with Gasteiger partial charge in [0.2, 0.25) is 5.91 Å². The van der Waals surface area contributed by atoms with Crippen molar-refractivity contribution in [2.45, 2.75) is 84.7 Å². The second-order valence-electron chi connectivity index (χ2n) is 11.2. The lowest BCUT2D eigenvalue weighted by Gasteiger charge is -2.40. The summed E-state index contributed by atoms with van der Waals surface area (Å²) in [5.41, 5.74) is 0.239. The van der Waals surface area contributed by atoms with Gasteiger partial charge in [0.15, 0.2) is 0 Å². The minimum atomic E-state index is -0.549. The summed E-state index contributed by atoms with van der Waals surface area (Å²) < 4.78 is 23.4. The quantitative estimate of drug-likeness (QED) is 0.625. The molecule has 0 saturated carbocycles. The summed E-state index contributed by atoms with van der Waals surface area (Å²) in [6.07, 6.45) is -0.126. The van der Waals surface area contributed by atoms with Crippen LogP contribution in [0.1, 0.15) is 61.0 Å². The first kappa shape index (κ1) is 26.4. The fourth-order valence-corrected chi connectivity index (χ4v) is 4.08. The van der Waals surface area contributed by atoms with Crippen LogP contribution in [0.5, 0.6) is 5.75 Å². The Morgan fingerprint density at radius 3 is 2.26 bits per heavy atom. The number of ether oxygens (including phenoxy) is 2. The third kappa shape index (κ3) is 5.69. The zero-order chi connectivity index (χ0) is 25.5. The van der Waals surface area contributed by atoms with Gasteiger partial charge < -0.3 is 28.6 Å². The fraction of sp³-hybridized carbons (Fsp3) is 0.680. The van der Waals surface area contributed by atoms with Crippen molar-refractivity contribution in [2.75, 3.05) is 26.7 Å². The monoisotopic (exact) mass is 474 g/mol. The van der Waals surface area contributed by atoms with Crippen LogP contribution >= 0.6 is 0 Å². The number of carbonyl (C=O) groups excluding carboxylic acids is 2. The molecule has 0 spiro atoms. The van der Waals surface area contributed by atoms with E-state index < -0.39 is 23.9 Å². The molecule has 2 aliphatic rings. The van der Waals surface area contributed by atoms with Crippen molar-refractivity contribution in [1.29, 1.82) is 0 Å². The Balaban J connectivity index is 1.65. The average Bonchev–Trinajstić information content (AvgIpc) is 2.93. The first-order valence-corrected chi connectivity index (χ1v) is 11.9. The Morgan fingerprint density at radius 2 is 1.74 bits per heavy atom. The molecule has 2 fully saturated rings. The van der Waals surface area contributed by atoms with Gasteiger partial charge >= 0.3 is 13.2 Å². The highest BCUT2D eigenvalue weighted by molar-refractivity contribution is 6.62. The van der Waals surface area contributed by atoms with E-state index in [0.717, 1.165) is 11.0 Å². The second kappa shape index (κ2) is 9.42. The van der Waals surface area contributed by atoms with Crippen LogP contribution in [-0.2, 0) is 25.3 Å². The molecule has 2 amide bonds. The van der Waals surface area contributed by atoms with Crippen LogP contribution in [0.3, 0.4) is 0 Å². The van der Waals surface area contributed by atoms with Gasteiger partial charge in [0.05, 0.1) is 24.7 Å². The summed E-state index contributed by atoms with van der Waals surface area (Å²) >= 11 is 0. The van der Waals surface area contributed by atoms with Gasteiger partial charge in [0.25, 0.3) is 0 Å². The molecule has 1 aromatic rings. The Labute approximate surface area is 204 Å². The number of rotatable bonds is 4. The van der Waals surface area contributed by atoms with Gasteiger partial charge in [-0.1, -0.05) is 12.1 Å². The minimum absolute atomic E-state index is 0.00243. The molecule has 9 heteroatoms. The maximum Gasteiger partial charge on any atom is 0.494 e. The highest BCUT2D eigenvalue weighted by atomic mass is 16.7. The molecule has 188 valence electrons. The predicted molar refractivity (Wildman–Crippen MR) is 131 cm³/mol. The molecule has 1 aromatic carbocycles. The first-order valence-electron chi connectivity index (χ1n) is 11.9. The van der Waals surface area contributed by atoms with Crippen LogP contribution in [0.25, 0.3) is 0 Å². The molecule has 0 unspecified atom stereocenters. The minimum Gasteiger partial charge on any atom is -0.496 e. The van der Waals surface area contributed by atoms with E-state index in [2.05, 4.69) is 0 Å². The van der Waals surface area contributed by atoms with Crippen molar-refractivity contribution < 1.29 is 28.4 Å². The van der Waals surface area contributed by atoms with Crippen LogP contribution in [-0.4, -0.2) is 78.5 Å². The summed E-state index contributed by atoms with van der Waals surface area (Å²) in [5, 5.41) is 0. The molecule has 3 rings (SSSR count). The van der Waals surface area contributed by atoms with E-state index in [0.29, 0.717) is 25.4 Å². The Bertz CT molecular complexity index is 910. The normalized spacial score (nSPS) is 22.0. The fourth-order valence-electron chi connectivity index (χ4n) is 4.08. The van der Waals surface area contributed by atoms with Crippen LogP contribution in [0.2, 0.25) is 0 Å². The van der Waals surface area contributed by atoms with Crippen molar-refractivity contribution in [3.63, 3.8) is 0 Å². The van der Waals surface area contributed by atoms with Crippen molar-refractivity contribution in [3.05, 3.63) is 23.8 Å². The van der Waals surface area contributed by atoms with Gasteiger partial charge in [-0.25, -0.2) is 4.79 Å². The van der Waals surface area contributed by atoms with Gasteiger partial charge in [0.1, 0.15) is 11.4 Å². The Hall–Kier alpha value is -2.26. The number of piperazine rings is 1. The van der Waals surface area contributed by atoms with E-state index in [9.17, 15) is 9.59 Å². The zero-order valence-electron chi connectivity index (χ0n) is 22.1. The van der Waals surface area contributed by atoms with Crippen molar-refractivity contribution in [2.24, 2.45) is 0 Å². The zero-order valence-corrected chi connectivity index (χ0v) is 22.1. The summed E-state index contributed by atoms with van der Waals surface area (Å²) in [4.78, 5) is 29.0.